The molecule has 3 rings (SSSR count). The van der Waals surface area contributed by atoms with Crippen LogP contribution in [-0.4, -0.2) is 33.4 Å². The number of fused-ring (bicyclic) bond motifs is 1. The predicted molar refractivity (Wildman–Crippen MR) is 92.6 cm³/mol. The summed E-state index contributed by atoms with van der Waals surface area (Å²) in [6.45, 7) is 5.90. The van der Waals surface area contributed by atoms with Gasteiger partial charge in [0, 0.05) is 11.5 Å². The molecule has 0 saturated heterocycles. The molecule has 1 aliphatic carbocycles. The van der Waals surface area contributed by atoms with E-state index in [0.717, 1.165) is 29.7 Å². The van der Waals surface area contributed by atoms with E-state index in [0.29, 0.717) is 5.92 Å². The topological polar surface area (TPSA) is 76.0 Å². The van der Waals surface area contributed by atoms with Crippen molar-refractivity contribution in [1.82, 2.24) is 20.2 Å². The van der Waals surface area contributed by atoms with Crippen LogP contribution in [0, 0.1) is 0 Å². The van der Waals surface area contributed by atoms with Crippen LogP contribution < -0.4 is 10.6 Å². The third-order valence-corrected chi connectivity index (χ3v) is 3.89. The Hall–Kier alpha value is -2.37. The molecule has 1 aromatic heterocycles. The minimum Gasteiger partial charge on any atom is -0.350 e. The maximum absolute atomic E-state index is 12.3. The summed E-state index contributed by atoms with van der Waals surface area (Å²) >= 11 is 0. The van der Waals surface area contributed by atoms with Crippen molar-refractivity contribution in [3.05, 3.63) is 30.1 Å². The molecule has 1 heterocycles. The highest BCUT2D eigenvalue weighted by Gasteiger charge is 2.30. The molecule has 0 unspecified atom stereocenters. The zero-order chi connectivity index (χ0) is 17.3. The second kappa shape index (κ2) is 6.26. The molecule has 0 bridgehead atoms. The molecular weight excluding hydrogens is 304 g/mol. The second-order valence-electron chi connectivity index (χ2n) is 7.39. The monoisotopic (exact) mass is 328 g/mol. The van der Waals surface area contributed by atoms with E-state index in [9.17, 15) is 9.59 Å². The number of carbonyl (C=O) groups is 2. The highest BCUT2D eigenvalue weighted by molar-refractivity contribution is 5.86. The number of imidazole rings is 1. The van der Waals surface area contributed by atoms with Crippen molar-refractivity contribution in [3.63, 3.8) is 0 Å². The van der Waals surface area contributed by atoms with Crippen LogP contribution >= 0.6 is 0 Å². The maximum atomic E-state index is 12.3. The number of para-hydroxylation sites is 2. The van der Waals surface area contributed by atoms with Gasteiger partial charge in [-0.1, -0.05) is 12.1 Å². The van der Waals surface area contributed by atoms with Gasteiger partial charge in [-0.2, -0.15) is 0 Å². The predicted octanol–water partition coefficient (Wildman–Crippen LogP) is 1.94. The lowest BCUT2D eigenvalue weighted by atomic mass is 10.1. The number of nitrogens with zero attached hydrogens (tertiary/aromatic N) is 2. The smallest absolute Gasteiger partial charge is 0.240 e. The van der Waals surface area contributed by atoms with Crippen LogP contribution in [0.5, 0.6) is 0 Å². The Labute approximate surface area is 141 Å². The molecule has 1 aliphatic rings. The molecule has 0 atom stereocenters. The summed E-state index contributed by atoms with van der Waals surface area (Å²) in [5.74, 6) is 1.07. The molecule has 2 amide bonds. The number of hydrogen-bond acceptors (Lipinski definition) is 3. The third-order valence-electron chi connectivity index (χ3n) is 3.89. The molecule has 1 fully saturated rings. The van der Waals surface area contributed by atoms with E-state index >= 15 is 0 Å². The highest BCUT2D eigenvalue weighted by atomic mass is 16.2. The van der Waals surface area contributed by atoms with Crippen molar-refractivity contribution in [3.8, 4) is 0 Å². The van der Waals surface area contributed by atoms with Crippen molar-refractivity contribution in [2.75, 3.05) is 6.54 Å². The van der Waals surface area contributed by atoms with E-state index in [4.69, 9.17) is 0 Å². The number of benzene rings is 1. The van der Waals surface area contributed by atoms with Gasteiger partial charge >= 0.3 is 0 Å². The summed E-state index contributed by atoms with van der Waals surface area (Å²) in [6.07, 6.45) is 2.25. The molecule has 0 aliphatic heterocycles. The van der Waals surface area contributed by atoms with Crippen LogP contribution in [0.2, 0.25) is 0 Å². The Morgan fingerprint density at radius 3 is 2.58 bits per heavy atom. The largest absolute Gasteiger partial charge is 0.350 e. The van der Waals surface area contributed by atoms with Crippen LogP contribution in [0.1, 0.15) is 45.4 Å². The minimum atomic E-state index is -0.304. The molecule has 2 N–H and O–H groups in total. The van der Waals surface area contributed by atoms with Gasteiger partial charge in [0.15, 0.2) is 0 Å². The quantitative estimate of drug-likeness (QED) is 0.881. The lowest BCUT2D eigenvalue weighted by molar-refractivity contribution is -0.127. The molecular formula is C18H24N4O2. The first-order valence-corrected chi connectivity index (χ1v) is 8.36. The van der Waals surface area contributed by atoms with Crippen molar-refractivity contribution >= 4 is 22.8 Å². The van der Waals surface area contributed by atoms with Gasteiger partial charge in [-0.3, -0.25) is 9.59 Å². The summed E-state index contributed by atoms with van der Waals surface area (Å²) < 4.78 is 1.98. The van der Waals surface area contributed by atoms with Gasteiger partial charge in [-0.25, -0.2) is 4.98 Å². The molecule has 6 heteroatoms. The zero-order valence-electron chi connectivity index (χ0n) is 14.4. The zero-order valence-corrected chi connectivity index (χ0v) is 14.4. The van der Waals surface area contributed by atoms with E-state index < -0.39 is 0 Å². The van der Waals surface area contributed by atoms with E-state index in [-0.39, 0.29) is 30.4 Å². The SMILES string of the molecule is CC(C)(C)NC(=O)CNC(=O)Cn1c(C2CC2)nc2ccccc21. The minimum absolute atomic E-state index is 0.0124. The molecule has 2 aromatic rings. The van der Waals surface area contributed by atoms with E-state index in [1.165, 1.54) is 0 Å². The van der Waals surface area contributed by atoms with Crippen LogP contribution in [0.4, 0.5) is 0 Å². The summed E-state index contributed by atoms with van der Waals surface area (Å²) in [4.78, 5) is 28.8. The standard InChI is InChI=1S/C18H24N4O2/c1-18(2,3)21-15(23)10-19-16(24)11-22-14-7-5-4-6-13(14)20-17(22)12-8-9-12/h4-7,12H,8-11H2,1-3H3,(H,19,24)(H,21,23). The lowest BCUT2D eigenvalue weighted by Gasteiger charge is -2.20. The fraction of sp³-hybridized carbons (Fsp3) is 0.500. The Kier molecular flexibility index (Phi) is 4.30. The first kappa shape index (κ1) is 16.5. The average Bonchev–Trinajstić information content (AvgIpc) is 3.27. The van der Waals surface area contributed by atoms with Gasteiger partial charge in [0.1, 0.15) is 12.4 Å². The van der Waals surface area contributed by atoms with Gasteiger partial charge in [0.05, 0.1) is 17.6 Å². The van der Waals surface area contributed by atoms with Gasteiger partial charge < -0.3 is 15.2 Å². The lowest BCUT2D eigenvalue weighted by Crippen LogP contribution is -2.46. The number of amides is 2. The van der Waals surface area contributed by atoms with Crippen molar-refractivity contribution in [1.29, 1.82) is 0 Å². The molecule has 1 aromatic carbocycles. The number of rotatable bonds is 5. The Balaban J connectivity index is 1.67. The molecule has 24 heavy (non-hydrogen) atoms. The third kappa shape index (κ3) is 3.93. The Bertz CT molecular complexity index is 769. The van der Waals surface area contributed by atoms with Gasteiger partial charge in [-0.15, -0.1) is 0 Å². The molecule has 0 radical (unpaired) electrons. The Morgan fingerprint density at radius 2 is 1.92 bits per heavy atom. The van der Waals surface area contributed by atoms with Gasteiger partial charge in [0.25, 0.3) is 0 Å². The number of aromatic nitrogens is 2. The van der Waals surface area contributed by atoms with Crippen molar-refractivity contribution in [2.45, 2.75) is 51.6 Å². The average molecular weight is 328 g/mol. The fourth-order valence-electron chi connectivity index (χ4n) is 2.75. The molecule has 0 spiro atoms. The molecule has 128 valence electrons. The second-order valence-corrected chi connectivity index (χ2v) is 7.39. The summed E-state index contributed by atoms with van der Waals surface area (Å²) in [5.41, 5.74) is 1.58. The van der Waals surface area contributed by atoms with Crippen molar-refractivity contribution < 1.29 is 9.59 Å². The van der Waals surface area contributed by atoms with E-state index in [1.807, 2.05) is 49.6 Å². The first-order chi connectivity index (χ1) is 11.3. The van der Waals surface area contributed by atoms with Crippen LogP contribution in [-0.2, 0) is 16.1 Å². The highest BCUT2D eigenvalue weighted by Crippen LogP contribution is 2.40. The summed E-state index contributed by atoms with van der Waals surface area (Å²) in [5, 5.41) is 5.52. The van der Waals surface area contributed by atoms with E-state index in [1.54, 1.807) is 0 Å². The number of hydrogen-bond donors (Lipinski definition) is 2. The first-order valence-electron chi connectivity index (χ1n) is 8.36. The normalized spacial score (nSPS) is 14.6. The molecule has 1 saturated carbocycles. The van der Waals surface area contributed by atoms with Gasteiger partial charge in [-0.05, 0) is 45.7 Å². The van der Waals surface area contributed by atoms with Gasteiger partial charge in [0.2, 0.25) is 11.8 Å². The fourth-order valence-corrected chi connectivity index (χ4v) is 2.75. The number of carbonyl (C=O) groups excluding carboxylic acids is 2. The molecule has 6 nitrogen and oxygen atoms in total. The summed E-state index contributed by atoms with van der Waals surface area (Å²) in [6, 6.07) is 7.85. The van der Waals surface area contributed by atoms with Crippen LogP contribution in [0.25, 0.3) is 11.0 Å². The van der Waals surface area contributed by atoms with E-state index in [2.05, 4.69) is 15.6 Å². The number of nitrogens with one attached hydrogen (secondary N) is 2. The van der Waals surface area contributed by atoms with Crippen molar-refractivity contribution in [2.24, 2.45) is 0 Å². The van der Waals surface area contributed by atoms with Crippen LogP contribution in [0.15, 0.2) is 24.3 Å². The van der Waals surface area contributed by atoms with Crippen LogP contribution in [0.3, 0.4) is 0 Å². The summed E-state index contributed by atoms with van der Waals surface area (Å²) in [7, 11) is 0. The Morgan fingerprint density at radius 1 is 1.21 bits per heavy atom. The maximum Gasteiger partial charge on any atom is 0.240 e.